The second kappa shape index (κ2) is 4.70. The molecule has 16 heavy (non-hydrogen) atoms. The van der Waals surface area contributed by atoms with Crippen LogP contribution in [-0.4, -0.2) is 9.97 Å². The molecular weight excluding hydrogens is 205 g/mol. The van der Waals surface area contributed by atoms with Crippen molar-refractivity contribution in [3.8, 4) is 0 Å². The molecule has 0 aliphatic heterocycles. The lowest BCUT2D eigenvalue weighted by molar-refractivity contribution is 0.584. The van der Waals surface area contributed by atoms with Crippen LogP contribution in [0.4, 0.5) is 10.1 Å². The first-order valence-corrected chi connectivity index (χ1v) is 5.04. The van der Waals surface area contributed by atoms with Crippen molar-refractivity contribution in [1.82, 2.24) is 9.97 Å². The van der Waals surface area contributed by atoms with Crippen molar-refractivity contribution in [2.75, 3.05) is 5.32 Å². The van der Waals surface area contributed by atoms with Gasteiger partial charge >= 0.3 is 0 Å². The van der Waals surface area contributed by atoms with Gasteiger partial charge < -0.3 is 5.32 Å². The lowest BCUT2D eigenvalue weighted by Crippen LogP contribution is -2.06. The number of nitrogens with zero attached hydrogens (tertiary/aromatic N) is 2. The van der Waals surface area contributed by atoms with Gasteiger partial charge in [0.2, 0.25) is 5.95 Å². The van der Waals surface area contributed by atoms with Gasteiger partial charge in [0.05, 0.1) is 0 Å². The van der Waals surface area contributed by atoms with Gasteiger partial charge in [0, 0.05) is 36.4 Å². The summed E-state index contributed by atoms with van der Waals surface area (Å²) >= 11 is 0. The molecule has 0 bridgehead atoms. The molecule has 2 heterocycles. The Labute approximate surface area is 93.4 Å². The Morgan fingerprint density at radius 2 is 1.94 bits per heavy atom. The molecule has 1 N–H and O–H groups in total. The molecule has 0 saturated carbocycles. The van der Waals surface area contributed by atoms with Gasteiger partial charge in [-0.05, 0) is 30.7 Å². The average Bonchev–Trinajstić information content (AvgIpc) is 2.30. The van der Waals surface area contributed by atoms with Crippen LogP contribution < -0.4 is 5.32 Å². The lowest BCUT2D eigenvalue weighted by atomic mass is 10.1. The predicted octanol–water partition coefficient (Wildman–Crippen LogP) is 2.79. The highest BCUT2D eigenvalue weighted by Crippen LogP contribution is 2.18. The van der Waals surface area contributed by atoms with E-state index in [0.717, 1.165) is 11.3 Å². The molecule has 1 unspecified atom stereocenters. The fourth-order valence-corrected chi connectivity index (χ4v) is 1.48. The van der Waals surface area contributed by atoms with Crippen LogP contribution in [0.5, 0.6) is 0 Å². The van der Waals surface area contributed by atoms with Crippen molar-refractivity contribution in [2.45, 2.75) is 13.0 Å². The molecule has 2 aromatic heterocycles. The first-order chi connectivity index (χ1) is 7.75. The molecule has 3 nitrogen and oxygen atoms in total. The molecule has 0 radical (unpaired) electrons. The largest absolute Gasteiger partial charge is 0.378 e. The van der Waals surface area contributed by atoms with E-state index in [1.807, 2.05) is 19.1 Å². The van der Waals surface area contributed by atoms with Gasteiger partial charge in [0.1, 0.15) is 0 Å². The van der Waals surface area contributed by atoms with Crippen LogP contribution in [0, 0.1) is 5.95 Å². The predicted molar refractivity (Wildman–Crippen MR) is 60.5 cm³/mol. The smallest absolute Gasteiger partial charge is 0.214 e. The highest BCUT2D eigenvalue weighted by Gasteiger charge is 2.04. The third-order valence-corrected chi connectivity index (χ3v) is 2.32. The Kier molecular flexibility index (Phi) is 3.10. The standard InChI is InChI=1S/C12H12FN3/c1-9(10-2-5-14-6-3-10)16-11-4-7-15-12(13)8-11/h2-9H,1H3,(H,15,16). The average molecular weight is 217 g/mol. The molecule has 1 atom stereocenters. The minimum atomic E-state index is -0.480. The fraction of sp³-hybridized carbons (Fsp3) is 0.167. The van der Waals surface area contributed by atoms with Crippen molar-refractivity contribution in [2.24, 2.45) is 0 Å². The van der Waals surface area contributed by atoms with E-state index in [-0.39, 0.29) is 6.04 Å². The topological polar surface area (TPSA) is 37.8 Å². The van der Waals surface area contributed by atoms with Gasteiger partial charge in [-0.2, -0.15) is 4.39 Å². The fourth-order valence-electron chi connectivity index (χ4n) is 1.48. The molecule has 0 aliphatic carbocycles. The van der Waals surface area contributed by atoms with E-state index in [9.17, 15) is 4.39 Å². The van der Waals surface area contributed by atoms with Crippen LogP contribution in [0.25, 0.3) is 0 Å². The molecule has 0 aromatic carbocycles. The number of rotatable bonds is 3. The minimum absolute atomic E-state index is 0.102. The Hall–Kier alpha value is -1.97. The van der Waals surface area contributed by atoms with Crippen LogP contribution in [0.1, 0.15) is 18.5 Å². The van der Waals surface area contributed by atoms with Crippen molar-refractivity contribution in [1.29, 1.82) is 0 Å². The normalized spacial score (nSPS) is 12.1. The first-order valence-electron chi connectivity index (χ1n) is 5.04. The summed E-state index contributed by atoms with van der Waals surface area (Å²) in [7, 11) is 0. The quantitative estimate of drug-likeness (QED) is 0.803. The van der Waals surface area contributed by atoms with Gasteiger partial charge in [-0.3, -0.25) is 4.98 Å². The van der Waals surface area contributed by atoms with E-state index in [1.165, 1.54) is 12.3 Å². The van der Waals surface area contributed by atoms with E-state index < -0.39 is 5.95 Å². The molecule has 0 amide bonds. The van der Waals surface area contributed by atoms with Crippen molar-refractivity contribution >= 4 is 5.69 Å². The third-order valence-electron chi connectivity index (χ3n) is 2.32. The number of halogens is 1. The summed E-state index contributed by atoms with van der Waals surface area (Å²) in [6, 6.07) is 7.06. The molecule has 82 valence electrons. The number of nitrogens with one attached hydrogen (secondary N) is 1. The van der Waals surface area contributed by atoms with Gasteiger partial charge in [-0.15, -0.1) is 0 Å². The van der Waals surface area contributed by atoms with E-state index in [0.29, 0.717) is 0 Å². The molecule has 2 rings (SSSR count). The summed E-state index contributed by atoms with van der Waals surface area (Å²) in [6.07, 6.45) is 4.91. The van der Waals surface area contributed by atoms with E-state index in [4.69, 9.17) is 0 Å². The highest BCUT2D eigenvalue weighted by molar-refractivity contribution is 5.43. The Morgan fingerprint density at radius 1 is 1.19 bits per heavy atom. The maximum atomic E-state index is 12.9. The van der Waals surface area contributed by atoms with Crippen molar-refractivity contribution in [3.63, 3.8) is 0 Å². The summed E-state index contributed by atoms with van der Waals surface area (Å²) < 4.78 is 12.9. The zero-order valence-corrected chi connectivity index (χ0v) is 8.89. The number of hydrogen-bond donors (Lipinski definition) is 1. The van der Waals surface area contributed by atoms with Gasteiger partial charge in [-0.1, -0.05) is 0 Å². The Morgan fingerprint density at radius 3 is 2.62 bits per heavy atom. The SMILES string of the molecule is CC(Nc1ccnc(F)c1)c1ccncc1. The molecular formula is C12H12FN3. The van der Waals surface area contributed by atoms with Crippen molar-refractivity contribution in [3.05, 3.63) is 54.4 Å². The second-order valence-corrected chi connectivity index (χ2v) is 3.51. The highest BCUT2D eigenvalue weighted by atomic mass is 19.1. The Balaban J connectivity index is 2.11. The maximum absolute atomic E-state index is 12.9. The number of hydrogen-bond acceptors (Lipinski definition) is 3. The molecule has 4 heteroatoms. The molecule has 0 fully saturated rings. The summed E-state index contributed by atoms with van der Waals surface area (Å²) in [5, 5.41) is 3.19. The number of aromatic nitrogens is 2. The van der Waals surface area contributed by atoms with E-state index in [1.54, 1.807) is 18.5 Å². The summed E-state index contributed by atoms with van der Waals surface area (Å²) in [4.78, 5) is 7.45. The van der Waals surface area contributed by atoms with Crippen LogP contribution >= 0.6 is 0 Å². The van der Waals surface area contributed by atoms with Gasteiger partial charge in [-0.25, -0.2) is 4.98 Å². The van der Waals surface area contributed by atoms with Gasteiger partial charge in [0.15, 0.2) is 0 Å². The van der Waals surface area contributed by atoms with Crippen LogP contribution in [0.3, 0.4) is 0 Å². The van der Waals surface area contributed by atoms with E-state index in [2.05, 4.69) is 15.3 Å². The van der Waals surface area contributed by atoms with Crippen LogP contribution in [0.15, 0.2) is 42.9 Å². The molecule has 2 aromatic rings. The minimum Gasteiger partial charge on any atom is -0.378 e. The summed E-state index contributed by atoms with van der Waals surface area (Å²) in [5.74, 6) is -0.480. The number of anilines is 1. The van der Waals surface area contributed by atoms with Crippen LogP contribution in [0.2, 0.25) is 0 Å². The lowest BCUT2D eigenvalue weighted by Gasteiger charge is -2.15. The van der Waals surface area contributed by atoms with Gasteiger partial charge in [0.25, 0.3) is 0 Å². The zero-order valence-electron chi connectivity index (χ0n) is 8.89. The summed E-state index contributed by atoms with van der Waals surface area (Å²) in [5.41, 5.74) is 1.82. The molecule has 0 spiro atoms. The molecule has 0 saturated heterocycles. The first kappa shape index (κ1) is 10.5. The van der Waals surface area contributed by atoms with Crippen LogP contribution in [-0.2, 0) is 0 Å². The maximum Gasteiger partial charge on any atom is 0.214 e. The molecule has 0 aliphatic rings. The summed E-state index contributed by atoms with van der Waals surface area (Å²) in [6.45, 7) is 2.01. The zero-order chi connectivity index (χ0) is 11.4. The monoisotopic (exact) mass is 217 g/mol. The third kappa shape index (κ3) is 2.53. The number of pyridine rings is 2. The van der Waals surface area contributed by atoms with E-state index >= 15 is 0 Å². The van der Waals surface area contributed by atoms with Crippen molar-refractivity contribution < 1.29 is 4.39 Å². The Bertz CT molecular complexity index is 459. The second-order valence-electron chi connectivity index (χ2n) is 3.51.